The Hall–Kier alpha value is -2.38. The molecule has 1 heterocycles. The molecule has 0 bridgehead atoms. The van der Waals surface area contributed by atoms with Crippen LogP contribution in [-0.2, 0) is 4.79 Å². The van der Waals surface area contributed by atoms with Crippen LogP contribution < -0.4 is 9.64 Å². The van der Waals surface area contributed by atoms with E-state index < -0.39 is 0 Å². The average Bonchev–Trinajstić information content (AvgIpc) is 2.89. The minimum Gasteiger partial charge on any atom is -0.497 e. The first kappa shape index (κ1) is 18.4. The summed E-state index contributed by atoms with van der Waals surface area (Å²) < 4.78 is 19.0. The van der Waals surface area contributed by atoms with Crippen molar-refractivity contribution in [2.75, 3.05) is 25.7 Å². The van der Waals surface area contributed by atoms with Crippen molar-refractivity contribution in [3.63, 3.8) is 0 Å². The zero-order valence-electron chi connectivity index (χ0n) is 14.3. The Labute approximate surface area is 161 Å². The molecule has 1 aliphatic heterocycles. The van der Waals surface area contributed by atoms with Crippen molar-refractivity contribution in [1.29, 1.82) is 0 Å². The molecule has 0 atom stereocenters. The third-order valence-corrected chi connectivity index (χ3v) is 5.26. The van der Waals surface area contributed by atoms with E-state index in [2.05, 4.69) is 0 Å². The highest BCUT2D eigenvalue weighted by Gasteiger charge is 2.32. The molecule has 0 radical (unpaired) electrons. The van der Waals surface area contributed by atoms with Gasteiger partial charge in [-0.2, -0.15) is 0 Å². The molecule has 4 nitrogen and oxygen atoms in total. The number of thioether (sulfide) groups is 1. The van der Waals surface area contributed by atoms with E-state index in [4.69, 9.17) is 17.0 Å². The van der Waals surface area contributed by atoms with E-state index in [0.29, 0.717) is 21.5 Å². The summed E-state index contributed by atoms with van der Waals surface area (Å²) in [6, 6.07) is 13.7. The molecular weight excluding hydrogens is 371 g/mol. The molecule has 0 aromatic heterocycles. The molecular formula is C19H17FN2O2S2. The molecule has 3 rings (SSSR count). The molecule has 1 saturated heterocycles. The molecule has 0 unspecified atom stereocenters. The highest BCUT2D eigenvalue weighted by molar-refractivity contribution is 8.26. The molecule has 7 heteroatoms. The van der Waals surface area contributed by atoms with Crippen LogP contribution >= 0.6 is 24.0 Å². The molecule has 1 fully saturated rings. The van der Waals surface area contributed by atoms with E-state index >= 15 is 0 Å². The highest BCUT2D eigenvalue weighted by atomic mass is 32.2. The molecule has 1 aliphatic rings. The number of anilines is 1. The van der Waals surface area contributed by atoms with E-state index in [1.165, 1.54) is 28.8 Å². The fraction of sp³-hybridized carbons (Fsp3) is 0.158. The van der Waals surface area contributed by atoms with Crippen LogP contribution in [0.25, 0.3) is 6.08 Å². The normalized spacial score (nSPS) is 15.7. The molecule has 0 aliphatic carbocycles. The number of amides is 1. The molecule has 0 saturated carbocycles. The lowest BCUT2D eigenvalue weighted by molar-refractivity contribution is -0.122. The fourth-order valence-corrected chi connectivity index (χ4v) is 3.74. The fourth-order valence-electron chi connectivity index (χ4n) is 2.50. The standard InChI is InChI=1S/C19H17FN2O2S2/c1-21(15-6-8-16(24-2)9-7-15)12-22-18(23)17(26-19(22)25)11-13-4-3-5-14(20)10-13/h3-11H,12H2,1-2H3. The van der Waals surface area contributed by atoms with Crippen molar-refractivity contribution in [3.05, 3.63) is 64.8 Å². The zero-order valence-corrected chi connectivity index (χ0v) is 15.9. The summed E-state index contributed by atoms with van der Waals surface area (Å²) in [6.45, 7) is 0.331. The predicted octanol–water partition coefficient (Wildman–Crippen LogP) is 4.13. The lowest BCUT2D eigenvalue weighted by atomic mass is 10.2. The van der Waals surface area contributed by atoms with Crippen LogP contribution in [0.5, 0.6) is 5.75 Å². The van der Waals surface area contributed by atoms with Crippen molar-refractivity contribution in [2.45, 2.75) is 0 Å². The van der Waals surface area contributed by atoms with Crippen molar-refractivity contribution < 1.29 is 13.9 Å². The number of hydrogen-bond donors (Lipinski definition) is 0. The van der Waals surface area contributed by atoms with Crippen LogP contribution in [0.15, 0.2) is 53.4 Å². The number of carbonyl (C=O) groups is 1. The first-order valence-corrected chi connectivity index (χ1v) is 9.06. The van der Waals surface area contributed by atoms with Gasteiger partial charge in [-0.15, -0.1) is 0 Å². The number of nitrogens with zero attached hydrogens (tertiary/aromatic N) is 2. The largest absolute Gasteiger partial charge is 0.497 e. The number of rotatable bonds is 5. The maximum atomic E-state index is 13.3. The lowest BCUT2D eigenvalue weighted by Gasteiger charge is -2.25. The van der Waals surface area contributed by atoms with E-state index in [1.807, 2.05) is 36.2 Å². The van der Waals surface area contributed by atoms with E-state index in [9.17, 15) is 9.18 Å². The van der Waals surface area contributed by atoms with Crippen LogP contribution in [0, 0.1) is 5.82 Å². The second-order valence-corrected chi connectivity index (χ2v) is 7.38. The van der Waals surface area contributed by atoms with Gasteiger partial charge in [0.2, 0.25) is 0 Å². The number of halogens is 1. The second kappa shape index (κ2) is 7.88. The van der Waals surface area contributed by atoms with Crippen LogP contribution in [0.2, 0.25) is 0 Å². The smallest absolute Gasteiger partial charge is 0.267 e. The Balaban J connectivity index is 1.74. The molecule has 0 N–H and O–H groups in total. The molecule has 1 amide bonds. The quantitative estimate of drug-likeness (QED) is 0.568. The Bertz CT molecular complexity index is 868. The van der Waals surface area contributed by atoms with Gasteiger partial charge in [-0.1, -0.05) is 36.1 Å². The van der Waals surface area contributed by atoms with Gasteiger partial charge in [0.25, 0.3) is 5.91 Å². The topological polar surface area (TPSA) is 32.8 Å². The van der Waals surface area contributed by atoms with Crippen molar-refractivity contribution in [1.82, 2.24) is 4.90 Å². The van der Waals surface area contributed by atoms with Crippen molar-refractivity contribution >= 4 is 46.0 Å². The summed E-state index contributed by atoms with van der Waals surface area (Å²) in [4.78, 5) is 16.6. The molecule has 2 aromatic carbocycles. The molecule has 2 aromatic rings. The molecule has 0 spiro atoms. The van der Waals surface area contributed by atoms with Gasteiger partial charge < -0.3 is 9.64 Å². The van der Waals surface area contributed by atoms with E-state index in [-0.39, 0.29) is 11.7 Å². The summed E-state index contributed by atoms with van der Waals surface area (Å²) in [5, 5.41) is 0. The van der Waals surface area contributed by atoms with Gasteiger partial charge in [0.05, 0.1) is 18.7 Å². The minimum atomic E-state index is -0.339. The van der Waals surface area contributed by atoms with E-state index in [1.54, 1.807) is 25.3 Å². The number of benzene rings is 2. The first-order valence-electron chi connectivity index (χ1n) is 7.84. The SMILES string of the molecule is COc1ccc(N(C)CN2C(=O)C(=Cc3cccc(F)c3)SC2=S)cc1. The monoisotopic (exact) mass is 388 g/mol. The van der Waals surface area contributed by atoms with Gasteiger partial charge in [0.15, 0.2) is 0 Å². The lowest BCUT2D eigenvalue weighted by Crippen LogP contribution is -2.38. The third kappa shape index (κ3) is 4.05. The third-order valence-electron chi connectivity index (χ3n) is 3.89. The van der Waals surface area contributed by atoms with Gasteiger partial charge >= 0.3 is 0 Å². The van der Waals surface area contributed by atoms with E-state index in [0.717, 1.165) is 11.4 Å². The minimum absolute atomic E-state index is 0.176. The number of ether oxygens (including phenoxy) is 1. The average molecular weight is 388 g/mol. The maximum absolute atomic E-state index is 13.3. The van der Waals surface area contributed by atoms with Gasteiger partial charge in [-0.05, 0) is 48.0 Å². The number of thiocarbonyl (C=S) groups is 1. The zero-order chi connectivity index (χ0) is 18.7. The van der Waals surface area contributed by atoms with Crippen molar-refractivity contribution in [3.8, 4) is 5.75 Å². The summed E-state index contributed by atoms with van der Waals surface area (Å²) in [7, 11) is 3.50. The summed E-state index contributed by atoms with van der Waals surface area (Å²) >= 11 is 6.58. The molecule has 26 heavy (non-hydrogen) atoms. The Morgan fingerprint density at radius 3 is 2.65 bits per heavy atom. The summed E-state index contributed by atoms with van der Waals surface area (Å²) in [5.74, 6) is 0.254. The van der Waals surface area contributed by atoms with Crippen LogP contribution in [-0.4, -0.2) is 36.0 Å². The first-order chi connectivity index (χ1) is 12.5. The Morgan fingerprint density at radius 1 is 1.27 bits per heavy atom. The van der Waals surface area contributed by atoms with Crippen LogP contribution in [0.4, 0.5) is 10.1 Å². The van der Waals surface area contributed by atoms with Crippen molar-refractivity contribution in [2.24, 2.45) is 0 Å². The Kier molecular flexibility index (Phi) is 5.58. The van der Waals surface area contributed by atoms with Crippen LogP contribution in [0.1, 0.15) is 5.56 Å². The summed E-state index contributed by atoms with van der Waals surface area (Å²) in [6.07, 6.45) is 1.66. The van der Waals surface area contributed by atoms with Gasteiger partial charge in [-0.25, -0.2) is 4.39 Å². The van der Waals surface area contributed by atoms with Gasteiger partial charge in [0.1, 0.15) is 15.9 Å². The highest BCUT2D eigenvalue weighted by Crippen LogP contribution is 2.33. The van der Waals surface area contributed by atoms with Gasteiger partial charge in [0, 0.05) is 12.7 Å². The number of carbonyl (C=O) groups excluding carboxylic acids is 1. The predicted molar refractivity (Wildman–Crippen MR) is 108 cm³/mol. The molecule has 134 valence electrons. The van der Waals surface area contributed by atoms with Crippen LogP contribution in [0.3, 0.4) is 0 Å². The second-order valence-electron chi connectivity index (χ2n) is 5.70. The maximum Gasteiger partial charge on any atom is 0.267 e. The number of hydrogen-bond acceptors (Lipinski definition) is 5. The Morgan fingerprint density at radius 2 is 2.00 bits per heavy atom. The number of methoxy groups -OCH3 is 1. The van der Waals surface area contributed by atoms with Gasteiger partial charge in [-0.3, -0.25) is 9.69 Å². The summed E-state index contributed by atoms with van der Waals surface area (Å²) in [5.41, 5.74) is 1.57.